The highest BCUT2D eigenvalue weighted by Gasteiger charge is 2.22. The normalized spacial score (nSPS) is 10.7. The van der Waals surface area contributed by atoms with Crippen LogP contribution >= 0.6 is 11.3 Å². The molecule has 0 saturated carbocycles. The van der Waals surface area contributed by atoms with Crippen LogP contribution in [-0.4, -0.2) is 15.9 Å². The Bertz CT molecular complexity index is 1310. The van der Waals surface area contributed by atoms with Gasteiger partial charge in [-0.2, -0.15) is 0 Å². The van der Waals surface area contributed by atoms with Crippen LogP contribution in [0.25, 0.3) is 11.3 Å². The molecule has 0 bridgehead atoms. The molecule has 6 heteroatoms. The van der Waals surface area contributed by atoms with Gasteiger partial charge < -0.3 is 10.6 Å². The van der Waals surface area contributed by atoms with Gasteiger partial charge in [0.25, 0.3) is 0 Å². The number of anilines is 3. The Morgan fingerprint density at radius 3 is 1.94 bits per heavy atom. The van der Waals surface area contributed by atoms with Crippen LogP contribution in [0.2, 0.25) is 0 Å². The van der Waals surface area contributed by atoms with E-state index in [1.54, 1.807) is 23.7 Å². The number of hydrogen-bond donors (Lipinski definition) is 2. The monoisotopic (exact) mass is 462 g/mol. The second-order valence-corrected chi connectivity index (χ2v) is 8.58. The first kappa shape index (κ1) is 21.6. The lowest BCUT2D eigenvalue weighted by Crippen LogP contribution is -2.22. The van der Waals surface area contributed by atoms with Crippen molar-refractivity contribution in [1.29, 1.82) is 0 Å². The van der Waals surface area contributed by atoms with E-state index in [-0.39, 0.29) is 11.8 Å². The summed E-state index contributed by atoms with van der Waals surface area (Å²) in [4.78, 5) is 22.0. The third-order valence-electron chi connectivity index (χ3n) is 5.41. The highest BCUT2D eigenvalue weighted by molar-refractivity contribution is 7.14. The minimum absolute atomic E-state index is 0.0694. The van der Waals surface area contributed by atoms with Gasteiger partial charge in [0.1, 0.15) is 0 Å². The van der Waals surface area contributed by atoms with Crippen molar-refractivity contribution in [3.8, 4) is 11.3 Å². The molecule has 166 valence electrons. The summed E-state index contributed by atoms with van der Waals surface area (Å²) < 4.78 is 0. The van der Waals surface area contributed by atoms with Gasteiger partial charge in [-0.3, -0.25) is 9.78 Å². The minimum atomic E-state index is -0.387. The van der Waals surface area contributed by atoms with Crippen LogP contribution in [0.3, 0.4) is 0 Å². The Hall–Kier alpha value is -4.29. The molecule has 0 atom stereocenters. The van der Waals surface area contributed by atoms with Gasteiger partial charge in [-0.15, -0.1) is 11.3 Å². The van der Waals surface area contributed by atoms with E-state index < -0.39 is 0 Å². The number of pyridine rings is 1. The van der Waals surface area contributed by atoms with E-state index >= 15 is 0 Å². The lowest BCUT2D eigenvalue weighted by Gasteiger charge is -2.18. The van der Waals surface area contributed by atoms with E-state index in [1.807, 2.05) is 102 Å². The first-order chi connectivity index (χ1) is 16.8. The number of carbonyl (C=O) groups excluding carboxylic acids is 1. The summed E-state index contributed by atoms with van der Waals surface area (Å²) in [6.07, 6.45) is 3.52. The van der Waals surface area contributed by atoms with Crippen molar-refractivity contribution in [2.24, 2.45) is 0 Å². The summed E-state index contributed by atoms with van der Waals surface area (Å²) in [5.41, 5.74) is 5.49. The summed E-state index contributed by atoms with van der Waals surface area (Å²) in [5, 5.41) is 9.21. The van der Waals surface area contributed by atoms with Gasteiger partial charge in [0.15, 0.2) is 5.13 Å². The van der Waals surface area contributed by atoms with Gasteiger partial charge in [0.2, 0.25) is 5.91 Å². The van der Waals surface area contributed by atoms with Crippen LogP contribution in [0.4, 0.5) is 16.5 Å². The molecule has 0 unspecified atom stereocenters. The van der Waals surface area contributed by atoms with Crippen molar-refractivity contribution in [3.63, 3.8) is 0 Å². The molecule has 3 aromatic carbocycles. The molecule has 0 aliphatic rings. The summed E-state index contributed by atoms with van der Waals surface area (Å²) in [5.74, 6) is -0.456. The van der Waals surface area contributed by atoms with Crippen LogP contribution in [0.15, 0.2) is 115 Å². The lowest BCUT2D eigenvalue weighted by atomic mass is 9.90. The summed E-state index contributed by atoms with van der Waals surface area (Å²) in [7, 11) is 0. The van der Waals surface area contributed by atoms with Crippen LogP contribution < -0.4 is 10.6 Å². The largest absolute Gasteiger partial charge is 0.332 e. The van der Waals surface area contributed by atoms with Gasteiger partial charge in [-0.1, -0.05) is 60.7 Å². The molecule has 5 aromatic rings. The molecule has 5 nitrogen and oxygen atoms in total. The van der Waals surface area contributed by atoms with Gasteiger partial charge >= 0.3 is 0 Å². The fourth-order valence-electron chi connectivity index (χ4n) is 3.75. The first-order valence-corrected chi connectivity index (χ1v) is 11.8. The Kier molecular flexibility index (Phi) is 6.40. The second kappa shape index (κ2) is 10.1. The second-order valence-electron chi connectivity index (χ2n) is 7.72. The summed E-state index contributed by atoms with van der Waals surface area (Å²) >= 11 is 1.54. The average Bonchev–Trinajstić information content (AvgIpc) is 3.36. The molecular weight excluding hydrogens is 440 g/mol. The third-order valence-corrected chi connectivity index (χ3v) is 6.17. The van der Waals surface area contributed by atoms with Gasteiger partial charge in [-0.25, -0.2) is 4.98 Å². The Morgan fingerprint density at radius 2 is 1.32 bits per heavy atom. The zero-order valence-electron chi connectivity index (χ0n) is 18.3. The Morgan fingerprint density at radius 1 is 0.735 bits per heavy atom. The molecule has 0 aliphatic heterocycles. The molecule has 34 heavy (non-hydrogen) atoms. The molecule has 5 rings (SSSR count). The molecule has 0 spiro atoms. The summed E-state index contributed by atoms with van der Waals surface area (Å²) in [6, 6.07) is 31.2. The van der Waals surface area contributed by atoms with Crippen molar-refractivity contribution in [2.75, 3.05) is 10.6 Å². The maximum absolute atomic E-state index is 13.3. The highest BCUT2D eigenvalue weighted by atomic mass is 32.1. The van der Waals surface area contributed by atoms with Gasteiger partial charge in [0.05, 0.1) is 11.6 Å². The molecule has 0 fully saturated rings. The number of carbonyl (C=O) groups is 1. The number of rotatable bonds is 7. The van der Waals surface area contributed by atoms with Gasteiger partial charge in [-0.05, 0) is 47.5 Å². The SMILES string of the molecule is O=C(Nc1ccc(Nc2nc(-c3ccncc3)cs2)cc1)C(c1ccccc1)c1ccccc1. The predicted molar refractivity (Wildman–Crippen MR) is 138 cm³/mol. The molecule has 2 aromatic heterocycles. The minimum Gasteiger partial charge on any atom is -0.332 e. The topological polar surface area (TPSA) is 66.9 Å². The molecule has 0 aliphatic carbocycles. The quantitative estimate of drug-likeness (QED) is 0.282. The Balaban J connectivity index is 1.29. The summed E-state index contributed by atoms with van der Waals surface area (Å²) in [6.45, 7) is 0. The zero-order chi connectivity index (χ0) is 23.2. The first-order valence-electron chi connectivity index (χ1n) is 10.9. The number of amides is 1. The number of thiazole rings is 1. The molecule has 0 radical (unpaired) electrons. The lowest BCUT2D eigenvalue weighted by molar-refractivity contribution is -0.116. The zero-order valence-corrected chi connectivity index (χ0v) is 19.1. The Labute approximate surface area is 202 Å². The van der Waals surface area contributed by atoms with Crippen LogP contribution in [0, 0.1) is 0 Å². The van der Waals surface area contributed by atoms with Crippen molar-refractivity contribution in [3.05, 3.63) is 126 Å². The molecule has 2 N–H and O–H groups in total. The number of hydrogen-bond acceptors (Lipinski definition) is 5. The number of aromatic nitrogens is 2. The van der Waals surface area contributed by atoms with E-state index in [2.05, 4.69) is 20.6 Å². The maximum Gasteiger partial charge on any atom is 0.236 e. The van der Waals surface area contributed by atoms with Crippen molar-refractivity contribution in [1.82, 2.24) is 9.97 Å². The maximum atomic E-state index is 13.3. The fraction of sp³-hybridized carbons (Fsp3) is 0.0357. The van der Waals surface area contributed by atoms with E-state index in [1.165, 1.54) is 0 Å². The average molecular weight is 463 g/mol. The smallest absolute Gasteiger partial charge is 0.236 e. The predicted octanol–water partition coefficient (Wildman–Crippen LogP) is 6.72. The highest BCUT2D eigenvalue weighted by Crippen LogP contribution is 2.29. The van der Waals surface area contributed by atoms with E-state index in [4.69, 9.17) is 0 Å². The van der Waals surface area contributed by atoms with Crippen molar-refractivity contribution < 1.29 is 4.79 Å². The third kappa shape index (κ3) is 5.03. The molecular formula is C28H22N4OS. The van der Waals surface area contributed by atoms with E-state index in [0.717, 1.165) is 38.9 Å². The number of nitrogens with one attached hydrogen (secondary N) is 2. The van der Waals surface area contributed by atoms with Crippen LogP contribution in [0.1, 0.15) is 17.0 Å². The molecule has 1 amide bonds. The van der Waals surface area contributed by atoms with Crippen LogP contribution in [-0.2, 0) is 4.79 Å². The fourth-order valence-corrected chi connectivity index (χ4v) is 4.49. The molecule has 2 heterocycles. The number of benzene rings is 3. The standard InChI is InChI=1S/C28H22N4OS/c33-27(26(21-7-3-1-4-8-21)22-9-5-2-6-10-22)30-23-11-13-24(14-12-23)31-28-32-25(19-34-28)20-15-17-29-18-16-20/h1-19,26H,(H,30,33)(H,31,32). The van der Waals surface area contributed by atoms with E-state index in [0.29, 0.717) is 0 Å². The van der Waals surface area contributed by atoms with E-state index in [9.17, 15) is 4.79 Å². The number of nitrogens with zero attached hydrogens (tertiary/aromatic N) is 2. The van der Waals surface area contributed by atoms with Gasteiger partial charge in [0, 0.05) is 34.7 Å². The van der Waals surface area contributed by atoms with Crippen LogP contribution in [0.5, 0.6) is 0 Å². The van der Waals surface area contributed by atoms with Crippen molar-refractivity contribution >= 4 is 33.8 Å². The molecule has 0 saturated heterocycles. The van der Waals surface area contributed by atoms with Crippen molar-refractivity contribution in [2.45, 2.75) is 5.92 Å².